The summed E-state index contributed by atoms with van der Waals surface area (Å²) in [4.78, 5) is 11.9. The molecule has 0 radical (unpaired) electrons. The van der Waals surface area contributed by atoms with E-state index in [4.69, 9.17) is 9.29 Å². The second kappa shape index (κ2) is 7.15. The van der Waals surface area contributed by atoms with E-state index in [9.17, 15) is 9.00 Å². The van der Waals surface area contributed by atoms with Crippen molar-refractivity contribution in [3.63, 3.8) is 0 Å². The number of ether oxygens (including phenoxy) is 1. The third kappa shape index (κ3) is 3.90. The number of benzene rings is 2. The summed E-state index contributed by atoms with van der Waals surface area (Å²) < 4.78 is 25.8. The van der Waals surface area contributed by atoms with Gasteiger partial charge in [-0.1, -0.05) is 30.3 Å². The first-order valence-electron chi connectivity index (χ1n) is 6.06. The second-order valence-electron chi connectivity index (χ2n) is 4.31. The number of hydrogen-bond acceptors (Lipinski definition) is 3. The fourth-order valence-corrected chi connectivity index (χ4v) is 3.35. The molecule has 0 spiro atoms. The van der Waals surface area contributed by atoms with Crippen molar-refractivity contribution >= 4 is 39.6 Å². The van der Waals surface area contributed by atoms with Crippen LogP contribution in [0.1, 0.15) is 15.9 Å². The van der Waals surface area contributed by atoms with Gasteiger partial charge in [0.25, 0.3) is 0 Å². The lowest BCUT2D eigenvalue weighted by atomic mass is 10.00. The summed E-state index contributed by atoms with van der Waals surface area (Å²) >= 11 is 0.140. The van der Waals surface area contributed by atoms with Crippen LogP contribution in [-0.4, -0.2) is 21.8 Å². The maximum atomic E-state index is 11.9. The van der Waals surface area contributed by atoms with E-state index in [1.807, 2.05) is 30.3 Å². The molecule has 0 heterocycles. The minimum atomic E-state index is -2.02. The van der Waals surface area contributed by atoms with Gasteiger partial charge in [0.2, 0.25) is 0 Å². The summed E-state index contributed by atoms with van der Waals surface area (Å²) in [6.45, 7) is 0. The lowest BCUT2D eigenvalue weighted by Crippen LogP contribution is -2.08. The average Bonchev–Trinajstić information content (AvgIpc) is 2.47. The SMILES string of the molecule is COC(=O)c1cc(-c2ccccc2)c(I)cc1CS(=O)O. The van der Waals surface area contributed by atoms with Crippen molar-refractivity contribution in [3.8, 4) is 11.1 Å². The van der Waals surface area contributed by atoms with Crippen molar-refractivity contribution < 1.29 is 18.3 Å². The lowest BCUT2D eigenvalue weighted by molar-refractivity contribution is 0.0600. The summed E-state index contributed by atoms with van der Waals surface area (Å²) in [6, 6.07) is 13.1. The molecule has 1 unspecified atom stereocenters. The highest BCUT2D eigenvalue weighted by Crippen LogP contribution is 2.29. The van der Waals surface area contributed by atoms with Crippen LogP contribution in [0.2, 0.25) is 0 Å². The van der Waals surface area contributed by atoms with Gasteiger partial charge in [0.1, 0.15) is 0 Å². The molecule has 0 fully saturated rings. The molecule has 21 heavy (non-hydrogen) atoms. The summed E-state index contributed by atoms with van der Waals surface area (Å²) in [5.74, 6) is -0.612. The van der Waals surface area contributed by atoms with Gasteiger partial charge in [-0.15, -0.1) is 0 Å². The molecule has 0 amide bonds. The molecule has 0 aliphatic rings. The van der Waals surface area contributed by atoms with Crippen LogP contribution in [0.4, 0.5) is 0 Å². The maximum absolute atomic E-state index is 11.9. The zero-order chi connectivity index (χ0) is 15.4. The van der Waals surface area contributed by atoms with Crippen molar-refractivity contribution in [2.45, 2.75) is 5.75 Å². The smallest absolute Gasteiger partial charge is 0.338 e. The first-order chi connectivity index (χ1) is 10.0. The van der Waals surface area contributed by atoms with Crippen molar-refractivity contribution in [1.82, 2.24) is 0 Å². The van der Waals surface area contributed by atoms with Crippen LogP contribution >= 0.6 is 22.6 Å². The first kappa shape index (κ1) is 16.1. The minimum Gasteiger partial charge on any atom is -0.465 e. The molecule has 2 rings (SSSR count). The predicted octanol–water partition coefficient (Wildman–Crippen LogP) is 3.47. The van der Waals surface area contributed by atoms with Crippen molar-refractivity contribution in [1.29, 1.82) is 0 Å². The Bertz CT molecular complexity index is 686. The van der Waals surface area contributed by atoms with Gasteiger partial charge >= 0.3 is 5.97 Å². The Balaban J connectivity index is 2.59. The molecule has 0 aliphatic heterocycles. The van der Waals surface area contributed by atoms with Gasteiger partial charge in [-0.3, -0.25) is 0 Å². The number of halogens is 1. The van der Waals surface area contributed by atoms with Gasteiger partial charge in [-0.2, -0.15) is 0 Å². The van der Waals surface area contributed by atoms with E-state index >= 15 is 0 Å². The van der Waals surface area contributed by atoms with E-state index in [1.165, 1.54) is 7.11 Å². The van der Waals surface area contributed by atoms with Gasteiger partial charge in [-0.25, -0.2) is 9.00 Å². The molecule has 1 N–H and O–H groups in total. The molecule has 2 aromatic carbocycles. The van der Waals surface area contributed by atoms with E-state index in [2.05, 4.69) is 22.6 Å². The molecule has 6 heteroatoms. The van der Waals surface area contributed by atoms with Crippen molar-refractivity contribution in [3.05, 3.63) is 57.2 Å². The summed E-state index contributed by atoms with van der Waals surface area (Å²) in [5.41, 5.74) is 2.69. The number of rotatable bonds is 4. The monoisotopic (exact) mass is 416 g/mol. The fraction of sp³-hybridized carbons (Fsp3) is 0.133. The predicted molar refractivity (Wildman–Crippen MR) is 90.4 cm³/mol. The highest BCUT2D eigenvalue weighted by molar-refractivity contribution is 14.1. The van der Waals surface area contributed by atoms with Gasteiger partial charge in [-0.05, 0) is 51.4 Å². The Morgan fingerprint density at radius 3 is 2.52 bits per heavy atom. The van der Waals surface area contributed by atoms with Crippen LogP contribution in [0.3, 0.4) is 0 Å². The third-order valence-electron chi connectivity index (χ3n) is 2.96. The molecule has 1 atom stereocenters. The second-order valence-corrected chi connectivity index (χ2v) is 6.41. The molecule has 2 aromatic rings. The summed E-state index contributed by atoms with van der Waals surface area (Å²) in [7, 11) is 1.29. The number of carbonyl (C=O) groups excluding carboxylic acids is 1. The molecule has 0 aromatic heterocycles. The Morgan fingerprint density at radius 1 is 1.29 bits per heavy atom. The van der Waals surface area contributed by atoms with Crippen LogP contribution in [-0.2, 0) is 21.6 Å². The Labute approximate surface area is 138 Å². The number of hydrogen-bond donors (Lipinski definition) is 1. The topological polar surface area (TPSA) is 63.6 Å². The van der Waals surface area contributed by atoms with Crippen molar-refractivity contribution in [2.75, 3.05) is 7.11 Å². The van der Waals surface area contributed by atoms with Gasteiger partial charge < -0.3 is 9.29 Å². The van der Waals surface area contributed by atoms with Gasteiger partial charge in [0, 0.05) is 3.57 Å². The van der Waals surface area contributed by atoms with Gasteiger partial charge in [0.05, 0.1) is 18.4 Å². The Hall–Kier alpha value is -1.25. The summed E-state index contributed by atoms with van der Waals surface area (Å²) in [6.07, 6.45) is 0. The lowest BCUT2D eigenvalue weighted by Gasteiger charge is -2.12. The maximum Gasteiger partial charge on any atom is 0.338 e. The Morgan fingerprint density at radius 2 is 1.95 bits per heavy atom. The van der Waals surface area contributed by atoms with E-state index in [-0.39, 0.29) is 5.75 Å². The van der Waals surface area contributed by atoms with E-state index in [1.54, 1.807) is 12.1 Å². The molecule has 4 nitrogen and oxygen atoms in total. The first-order valence-corrected chi connectivity index (χ1v) is 8.42. The van der Waals surface area contributed by atoms with Crippen molar-refractivity contribution in [2.24, 2.45) is 0 Å². The number of esters is 1. The zero-order valence-corrected chi connectivity index (χ0v) is 14.2. The molecule has 0 saturated heterocycles. The van der Waals surface area contributed by atoms with E-state index in [0.29, 0.717) is 11.1 Å². The molecule has 0 saturated carbocycles. The standard InChI is InChI=1S/C15H13IO4S/c1-20-15(17)13-8-12(10-5-3-2-4-6-10)14(16)7-11(13)9-21(18)19/h2-8H,9H2,1H3,(H,18,19). The minimum absolute atomic E-state index is 0.102. The zero-order valence-electron chi connectivity index (χ0n) is 11.2. The van der Waals surface area contributed by atoms with Crippen LogP contribution in [0.25, 0.3) is 11.1 Å². The highest BCUT2D eigenvalue weighted by Gasteiger charge is 2.17. The molecular formula is C15H13IO4S. The van der Waals surface area contributed by atoms with Gasteiger partial charge in [0.15, 0.2) is 11.1 Å². The molecule has 110 valence electrons. The van der Waals surface area contributed by atoms with Crippen LogP contribution < -0.4 is 0 Å². The molecule has 0 aliphatic carbocycles. The Kier molecular flexibility index (Phi) is 5.49. The largest absolute Gasteiger partial charge is 0.465 e. The summed E-state index contributed by atoms with van der Waals surface area (Å²) in [5, 5.41) is 0. The van der Waals surface area contributed by atoms with Crippen LogP contribution in [0, 0.1) is 3.57 Å². The highest BCUT2D eigenvalue weighted by atomic mass is 127. The van der Waals surface area contributed by atoms with E-state index < -0.39 is 17.0 Å². The van der Waals surface area contributed by atoms with Crippen LogP contribution in [0.15, 0.2) is 42.5 Å². The number of methoxy groups -OCH3 is 1. The molecule has 0 bridgehead atoms. The quantitative estimate of drug-likeness (QED) is 0.471. The number of carbonyl (C=O) groups is 1. The average molecular weight is 416 g/mol. The third-order valence-corrected chi connectivity index (χ3v) is 4.41. The molecular weight excluding hydrogens is 403 g/mol. The fourth-order valence-electron chi connectivity index (χ4n) is 2.01. The van der Waals surface area contributed by atoms with Crippen LogP contribution in [0.5, 0.6) is 0 Å². The normalized spacial score (nSPS) is 12.0. The van der Waals surface area contributed by atoms with E-state index in [0.717, 1.165) is 14.7 Å².